The Hall–Kier alpha value is -2.50. The van der Waals surface area contributed by atoms with Gasteiger partial charge >= 0.3 is 5.97 Å². The molecule has 0 saturated carbocycles. The number of aliphatic carboxylic acids is 1. The molecule has 0 radical (unpaired) electrons. The van der Waals surface area contributed by atoms with Crippen molar-refractivity contribution >= 4 is 42.8 Å². The van der Waals surface area contributed by atoms with Crippen molar-refractivity contribution in [1.29, 1.82) is 0 Å². The SMILES string of the molecule is CC(C)Oc1ccc(S(=O)(=O)N2C[C@@H](C)[C@H](n3nc(CC(=O)O)c4cc(Br)c(F)cc43)C2)cc1. The van der Waals surface area contributed by atoms with Gasteiger partial charge in [0.2, 0.25) is 10.0 Å². The second kappa shape index (κ2) is 9.27. The number of hydrogen-bond donors (Lipinski definition) is 1. The molecule has 2 aromatic carbocycles. The van der Waals surface area contributed by atoms with E-state index in [4.69, 9.17) is 4.74 Å². The van der Waals surface area contributed by atoms with Gasteiger partial charge in [0, 0.05) is 24.5 Å². The minimum absolute atomic E-state index is 0.0250. The summed E-state index contributed by atoms with van der Waals surface area (Å²) < 4.78 is 49.8. The molecule has 0 aliphatic carbocycles. The van der Waals surface area contributed by atoms with E-state index in [1.807, 2.05) is 20.8 Å². The molecule has 1 fully saturated rings. The molecule has 2 atom stereocenters. The molecule has 11 heteroatoms. The Bertz CT molecular complexity index is 1340. The number of hydrogen-bond acceptors (Lipinski definition) is 5. The Morgan fingerprint density at radius 3 is 2.56 bits per heavy atom. The molecule has 1 aliphatic heterocycles. The number of halogens is 2. The maximum absolute atomic E-state index is 14.4. The smallest absolute Gasteiger partial charge is 0.309 e. The maximum Gasteiger partial charge on any atom is 0.309 e. The molecular formula is C23H25BrFN3O5S. The van der Waals surface area contributed by atoms with E-state index in [0.29, 0.717) is 22.3 Å². The average molecular weight is 554 g/mol. The third-order valence-corrected chi connectivity index (χ3v) is 8.28. The van der Waals surface area contributed by atoms with Crippen LogP contribution in [0.3, 0.4) is 0 Å². The van der Waals surface area contributed by atoms with Crippen molar-refractivity contribution < 1.29 is 27.4 Å². The van der Waals surface area contributed by atoms with Crippen LogP contribution in [0, 0.1) is 11.7 Å². The molecule has 8 nitrogen and oxygen atoms in total. The predicted octanol–water partition coefficient (Wildman–Crippen LogP) is 4.23. The lowest BCUT2D eigenvalue weighted by atomic mass is 10.1. The largest absolute Gasteiger partial charge is 0.491 e. The minimum atomic E-state index is -3.78. The number of sulfonamides is 1. The average Bonchev–Trinajstić information content (AvgIpc) is 3.29. The maximum atomic E-state index is 14.4. The first-order valence-electron chi connectivity index (χ1n) is 10.8. The van der Waals surface area contributed by atoms with Crippen molar-refractivity contribution in [3.05, 3.63) is 52.4 Å². The van der Waals surface area contributed by atoms with Crippen LogP contribution in [0.15, 0.2) is 45.8 Å². The van der Waals surface area contributed by atoms with Crippen LogP contribution in [-0.2, 0) is 21.2 Å². The number of carboxylic acid groups (broad SMARTS) is 1. The van der Waals surface area contributed by atoms with Gasteiger partial charge in [0.05, 0.1) is 39.1 Å². The zero-order chi connectivity index (χ0) is 24.8. The topological polar surface area (TPSA) is 102 Å². The number of ether oxygens (including phenoxy) is 1. The van der Waals surface area contributed by atoms with Gasteiger partial charge in [0.15, 0.2) is 0 Å². The molecule has 0 spiro atoms. The lowest BCUT2D eigenvalue weighted by molar-refractivity contribution is -0.136. The molecule has 182 valence electrons. The van der Waals surface area contributed by atoms with Gasteiger partial charge < -0.3 is 9.84 Å². The van der Waals surface area contributed by atoms with Gasteiger partial charge in [-0.3, -0.25) is 9.48 Å². The van der Waals surface area contributed by atoms with Gasteiger partial charge in [-0.1, -0.05) is 6.92 Å². The van der Waals surface area contributed by atoms with Crippen LogP contribution >= 0.6 is 15.9 Å². The highest BCUT2D eigenvalue weighted by atomic mass is 79.9. The van der Waals surface area contributed by atoms with Crippen LogP contribution in [0.5, 0.6) is 5.75 Å². The van der Waals surface area contributed by atoms with Crippen molar-refractivity contribution in [3.8, 4) is 5.75 Å². The van der Waals surface area contributed by atoms with E-state index in [-0.39, 0.29) is 46.9 Å². The first kappa shape index (κ1) is 24.6. The standard InChI is InChI=1S/C23H25BrFN3O5S/c1-13(2)33-15-4-6-16(7-5-15)34(31,32)27-11-14(3)22(12-27)28-21-9-19(25)18(24)8-17(21)20(26-28)10-23(29)30/h4-9,13-14,22H,10-12H2,1-3H3,(H,29,30)/t14-,22-/m1/s1. The molecule has 1 N–H and O–H groups in total. The Kier molecular flexibility index (Phi) is 6.71. The minimum Gasteiger partial charge on any atom is -0.491 e. The number of fused-ring (bicyclic) bond motifs is 1. The summed E-state index contributed by atoms with van der Waals surface area (Å²) in [4.78, 5) is 11.5. The fourth-order valence-corrected chi connectivity index (χ4v) is 6.16. The fraction of sp³-hybridized carbons (Fsp3) is 0.391. The highest BCUT2D eigenvalue weighted by Crippen LogP contribution is 2.36. The van der Waals surface area contributed by atoms with E-state index in [1.165, 1.54) is 28.6 Å². The zero-order valence-corrected chi connectivity index (χ0v) is 21.3. The van der Waals surface area contributed by atoms with Gasteiger partial charge in [0.25, 0.3) is 0 Å². The van der Waals surface area contributed by atoms with Gasteiger partial charge in [-0.15, -0.1) is 0 Å². The molecule has 2 heterocycles. The number of benzene rings is 2. The number of carbonyl (C=O) groups is 1. The van der Waals surface area contributed by atoms with Crippen molar-refractivity contribution in [3.63, 3.8) is 0 Å². The van der Waals surface area contributed by atoms with Gasteiger partial charge in [-0.05, 0) is 66.0 Å². The lowest BCUT2D eigenvalue weighted by Crippen LogP contribution is -2.29. The number of aromatic nitrogens is 2. The van der Waals surface area contributed by atoms with Crippen LogP contribution in [-0.4, -0.2) is 52.8 Å². The summed E-state index contributed by atoms with van der Waals surface area (Å²) in [5.74, 6) is -1.11. The van der Waals surface area contributed by atoms with E-state index < -0.39 is 21.8 Å². The normalized spacial score (nSPS) is 19.2. The second-order valence-electron chi connectivity index (χ2n) is 8.75. The molecular weight excluding hydrogens is 529 g/mol. The van der Waals surface area contributed by atoms with Crippen LogP contribution in [0.25, 0.3) is 10.9 Å². The molecule has 1 saturated heterocycles. The summed E-state index contributed by atoms with van der Waals surface area (Å²) in [6, 6.07) is 8.73. The van der Waals surface area contributed by atoms with E-state index >= 15 is 0 Å². The van der Waals surface area contributed by atoms with Crippen molar-refractivity contribution in [2.24, 2.45) is 5.92 Å². The van der Waals surface area contributed by atoms with Crippen LogP contribution < -0.4 is 4.74 Å². The molecule has 34 heavy (non-hydrogen) atoms. The number of carboxylic acids is 1. The second-order valence-corrected chi connectivity index (χ2v) is 11.5. The Morgan fingerprint density at radius 2 is 1.94 bits per heavy atom. The summed E-state index contributed by atoms with van der Waals surface area (Å²) in [6.07, 6.45) is -0.349. The summed E-state index contributed by atoms with van der Waals surface area (Å²) in [5, 5.41) is 14.3. The monoisotopic (exact) mass is 553 g/mol. The summed E-state index contributed by atoms with van der Waals surface area (Å²) in [6.45, 7) is 6.07. The summed E-state index contributed by atoms with van der Waals surface area (Å²) in [7, 11) is -3.78. The zero-order valence-electron chi connectivity index (χ0n) is 18.9. The molecule has 0 unspecified atom stereocenters. The van der Waals surface area contributed by atoms with Gasteiger partial charge in [-0.2, -0.15) is 9.40 Å². The van der Waals surface area contributed by atoms with E-state index in [2.05, 4.69) is 21.0 Å². The first-order chi connectivity index (χ1) is 16.0. The Balaban J connectivity index is 1.67. The quantitative estimate of drug-likeness (QED) is 0.469. The fourth-order valence-electron chi connectivity index (χ4n) is 4.25. The number of nitrogens with zero attached hydrogens (tertiary/aromatic N) is 3. The summed E-state index contributed by atoms with van der Waals surface area (Å²) in [5.41, 5.74) is 0.737. The third-order valence-electron chi connectivity index (χ3n) is 5.83. The lowest BCUT2D eigenvalue weighted by Gasteiger charge is -2.18. The molecule has 1 aliphatic rings. The van der Waals surface area contributed by atoms with Crippen molar-refractivity contribution in [2.75, 3.05) is 13.1 Å². The number of rotatable bonds is 7. The Morgan fingerprint density at radius 1 is 1.26 bits per heavy atom. The highest BCUT2D eigenvalue weighted by molar-refractivity contribution is 9.10. The molecule has 1 aromatic heterocycles. The highest BCUT2D eigenvalue weighted by Gasteiger charge is 2.39. The Labute approximate surface area is 205 Å². The van der Waals surface area contributed by atoms with Crippen LogP contribution in [0.2, 0.25) is 0 Å². The molecule has 3 aromatic rings. The van der Waals surface area contributed by atoms with E-state index in [1.54, 1.807) is 16.8 Å². The van der Waals surface area contributed by atoms with Crippen LogP contribution in [0.4, 0.5) is 4.39 Å². The van der Waals surface area contributed by atoms with E-state index in [9.17, 15) is 22.7 Å². The molecule has 0 amide bonds. The summed E-state index contributed by atoms with van der Waals surface area (Å²) >= 11 is 3.14. The first-order valence-corrected chi connectivity index (χ1v) is 13.1. The third kappa shape index (κ3) is 4.69. The molecule has 0 bridgehead atoms. The van der Waals surface area contributed by atoms with Crippen LogP contribution in [0.1, 0.15) is 32.5 Å². The van der Waals surface area contributed by atoms with Crippen molar-refractivity contribution in [1.82, 2.24) is 14.1 Å². The van der Waals surface area contributed by atoms with Gasteiger partial charge in [-0.25, -0.2) is 12.8 Å². The van der Waals surface area contributed by atoms with Gasteiger partial charge in [0.1, 0.15) is 11.6 Å². The predicted molar refractivity (Wildman–Crippen MR) is 128 cm³/mol. The van der Waals surface area contributed by atoms with E-state index in [0.717, 1.165) is 0 Å². The van der Waals surface area contributed by atoms with Crippen molar-refractivity contribution in [2.45, 2.75) is 44.2 Å². The molecule has 4 rings (SSSR count).